The Balaban J connectivity index is 0.000000686. The summed E-state index contributed by atoms with van der Waals surface area (Å²) in [6, 6.07) is 10.6. The Morgan fingerprint density at radius 2 is 1.82 bits per heavy atom. The number of fused-ring (bicyclic) bond motifs is 1. The van der Waals surface area contributed by atoms with Gasteiger partial charge in [0.15, 0.2) is 0 Å². The van der Waals surface area contributed by atoms with E-state index in [2.05, 4.69) is 65.5 Å². The molecule has 17 heavy (non-hydrogen) atoms. The van der Waals surface area contributed by atoms with Gasteiger partial charge in [-0.2, -0.15) is 0 Å². The predicted octanol–water partition coefficient (Wildman–Crippen LogP) is 2.98. The number of hydrogen-bond acceptors (Lipinski definition) is 1. The number of nitrogens with zero attached hydrogens (tertiary/aromatic N) is 1. The third kappa shape index (κ3) is 3.62. The minimum absolute atomic E-state index is 0.690. The fourth-order valence-corrected chi connectivity index (χ4v) is 2.00. The van der Waals surface area contributed by atoms with E-state index in [1.165, 1.54) is 10.9 Å². The van der Waals surface area contributed by atoms with Crippen molar-refractivity contribution in [1.82, 2.24) is 4.98 Å². The Bertz CT molecular complexity index is 481. The minimum Gasteiger partial charge on any atom is -0.253 e. The van der Waals surface area contributed by atoms with Gasteiger partial charge in [0.1, 0.15) is 0 Å². The molecule has 2 aromatic rings. The molecule has 4 radical (unpaired) electrons. The van der Waals surface area contributed by atoms with E-state index in [0.717, 1.165) is 17.6 Å². The molecule has 2 rings (SSSR count). The molecule has 1 aromatic heterocycles. The standard InChI is InChI=1S/C14H17N.B2/c1-10(2)8-12-9-11(3)15-14-7-5-4-6-13(12)14;1-2/h4-7,9-10H,8H2,1-3H3;. The quantitative estimate of drug-likeness (QED) is 0.710. The van der Waals surface area contributed by atoms with Crippen LogP contribution < -0.4 is 0 Å². The van der Waals surface area contributed by atoms with Gasteiger partial charge in [0.25, 0.3) is 0 Å². The first-order valence-electron chi connectivity index (χ1n) is 5.85. The van der Waals surface area contributed by atoms with Crippen molar-refractivity contribution >= 4 is 26.4 Å². The maximum atomic E-state index is 4.54. The topological polar surface area (TPSA) is 12.9 Å². The van der Waals surface area contributed by atoms with Crippen LogP contribution in [0, 0.1) is 12.8 Å². The first-order valence-corrected chi connectivity index (χ1v) is 5.85. The highest BCUT2D eigenvalue weighted by Crippen LogP contribution is 2.20. The number of aryl methyl sites for hydroxylation is 1. The van der Waals surface area contributed by atoms with Gasteiger partial charge in [-0.1, -0.05) is 32.0 Å². The second-order valence-electron chi connectivity index (χ2n) is 4.54. The van der Waals surface area contributed by atoms with E-state index in [1.54, 1.807) is 0 Å². The van der Waals surface area contributed by atoms with Crippen molar-refractivity contribution in [1.29, 1.82) is 0 Å². The highest BCUT2D eigenvalue weighted by molar-refractivity contribution is 6.75. The second-order valence-corrected chi connectivity index (χ2v) is 4.54. The lowest BCUT2D eigenvalue weighted by Crippen LogP contribution is -1.97. The Hall–Kier alpha value is -1.24. The van der Waals surface area contributed by atoms with Gasteiger partial charge in [0, 0.05) is 26.6 Å². The van der Waals surface area contributed by atoms with Crippen molar-refractivity contribution in [2.24, 2.45) is 5.92 Å². The highest BCUT2D eigenvalue weighted by atomic mass is 14.7. The van der Waals surface area contributed by atoms with Crippen LogP contribution in [0.15, 0.2) is 30.3 Å². The Kier molecular flexibility index (Phi) is 5.27. The maximum Gasteiger partial charge on any atom is 0.0707 e. The molecule has 1 heterocycles. The summed E-state index contributed by atoms with van der Waals surface area (Å²) in [4.78, 5) is 4.54. The van der Waals surface area contributed by atoms with E-state index >= 15 is 0 Å². The van der Waals surface area contributed by atoms with E-state index in [1.807, 2.05) is 6.07 Å². The molecule has 84 valence electrons. The van der Waals surface area contributed by atoms with Gasteiger partial charge in [-0.25, -0.2) is 0 Å². The molecule has 1 nitrogen and oxygen atoms in total. The minimum atomic E-state index is 0.690. The molecule has 0 saturated carbocycles. The summed E-state index contributed by atoms with van der Waals surface area (Å²) >= 11 is 0. The second kappa shape index (κ2) is 6.48. The van der Waals surface area contributed by atoms with Crippen molar-refractivity contribution in [2.45, 2.75) is 27.2 Å². The van der Waals surface area contributed by atoms with Crippen LogP contribution in [0.1, 0.15) is 25.1 Å². The largest absolute Gasteiger partial charge is 0.253 e. The number of hydrogen-bond donors (Lipinski definition) is 0. The third-order valence-corrected chi connectivity index (χ3v) is 2.56. The SMILES string of the molecule is Cc1cc(CC(C)C)c2ccccc2n1.[B][B]. The van der Waals surface area contributed by atoms with Crippen molar-refractivity contribution in [3.63, 3.8) is 0 Å². The summed E-state index contributed by atoms with van der Waals surface area (Å²) in [6.07, 6.45) is 1.13. The van der Waals surface area contributed by atoms with Crippen LogP contribution in [-0.4, -0.2) is 20.5 Å². The summed E-state index contributed by atoms with van der Waals surface area (Å²) in [7, 11) is 8.00. The number of rotatable bonds is 2. The average Bonchev–Trinajstić information content (AvgIpc) is 2.30. The molecule has 0 N–H and O–H groups in total. The molecule has 0 atom stereocenters. The molecule has 1 aromatic carbocycles. The molecule has 0 aliphatic rings. The number of aromatic nitrogens is 1. The molecule has 0 spiro atoms. The van der Waals surface area contributed by atoms with Gasteiger partial charge in [0.2, 0.25) is 0 Å². The Morgan fingerprint density at radius 1 is 1.18 bits per heavy atom. The number of para-hydroxylation sites is 1. The van der Waals surface area contributed by atoms with Gasteiger partial charge in [-0.05, 0) is 37.0 Å². The van der Waals surface area contributed by atoms with Gasteiger partial charge in [-0.3, -0.25) is 4.98 Å². The first kappa shape index (κ1) is 13.8. The van der Waals surface area contributed by atoms with Crippen LogP contribution in [0.25, 0.3) is 10.9 Å². The van der Waals surface area contributed by atoms with Crippen LogP contribution in [0.3, 0.4) is 0 Å². The lowest BCUT2D eigenvalue weighted by molar-refractivity contribution is 0.649. The van der Waals surface area contributed by atoms with E-state index in [0.29, 0.717) is 5.92 Å². The van der Waals surface area contributed by atoms with Crippen molar-refractivity contribution in [3.05, 3.63) is 41.6 Å². The monoisotopic (exact) mass is 221 g/mol. The lowest BCUT2D eigenvalue weighted by Gasteiger charge is -2.09. The number of pyridine rings is 1. The molecular weight excluding hydrogens is 204 g/mol. The van der Waals surface area contributed by atoms with E-state index in [9.17, 15) is 0 Å². The highest BCUT2D eigenvalue weighted by Gasteiger charge is 2.04. The third-order valence-electron chi connectivity index (χ3n) is 2.56. The summed E-state index contributed by atoms with van der Waals surface area (Å²) in [5.74, 6) is 0.690. The van der Waals surface area contributed by atoms with E-state index in [4.69, 9.17) is 0 Å². The smallest absolute Gasteiger partial charge is 0.0707 e. The van der Waals surface area contributed by atoms with Crippen molar-refractivity contribution in [2.75, 3.05) is 0 Å². The molecule has 0 aliphatic heterocycles. The van der Waals surface area contributed by atoms with Gasteiger partial charge in [-0.15, -0.1) is 0 Å². The molecule has 3 heteroatoms. The van der Waals surface area contributed by atoms with Gasteiger partial charge in [0.05, 0.1) is 5.52 Å². The summed E-state index contributed by atoms with van der Waals surface area (Å²) in [6.45, 7) is 6.57. The predicted molar refractivity (Wildman–Crippen MR) is 76.5 cm³/mol. The normalized spacial score (nSPS) is 10.1. The Labute approximate surface area is 106 Å². The fourth-order valence-electron chi connectivity index (χ4n) is 2.00. The molecule has 0 amide bonds. The summed E-state index contributed by atoms with van der Waals surface area (Å²) in [5.41, 5.74) is 3.66. The molecule has 0 fully saturated rings. The molecule has 0 aliphatic carbocycles. The summed E-state index contributed by atoms with van der Waals surface area (Å²) < 4.78 is 0. The Morgan fingerprint density at radius 3 is 2.47 bits per heavy atom. The maximum absolute atomic E-state index is 4.54. The van der Waals surface area contributed by atoms with Gasteiger partial charge >= 0.3 is 0 Å². The molecule has 0 bridgehead atoms. The average molecular weight is 221 g/mol. The number of benzene rings is 1. The zero-order valence-corrected chi connectivity index (χ0v) is 10.8. The molecular formula is C14H17B2N. The van der Waals surface area contributed by atoms with Crippen LogP contribution in [0.4, 0.5) is 0 Å². The summed E-state index contributed by atoms with van der Waals surface area (Å²) in [5, 5.41) is 1.30. The van der Waals surface area contributed by atoms with Crippen LogP contribution in [0.2, 0.25) is 0 Å². The fraction of sp³-hybridized carbons (Fsp3) is 0.357. The van der Waals surface area contributed by atoms with Crippen LogP contribution >= 0.6 is 0 Å². The van der Waals surface area contributed by atoms with E-state index < -0.39 is 0 Å². The molecule has 0 saturated heterocycles. The zero-order valence-electron chi connectivity index (χ0n) is 10.8. The van der Waals surface area contributed by atoms with Crippen LogP contribution in [-0.2, 0) is 6.42 Å². The van der Waals surface area contributed by atoms with Crippen molar-refractivity contribution < 1.29 is 0 Å². The van der Waals surface area contributed by atoms with Gasteiger partial charge < -0.3 is 0 Å². The van der Waals surface area contributed by atoms with E-state index in [-0.39, 0.29) is 0 Å². The first-order chi connectivity index (χ1) is 8.16. The lowest BCUT2D eigenvalue weighted by atomic mass is 9.81. The zero-order chi connectivity index (χ0) is 12.8. The van der Waals surface area contributed by atoms with Crippen LogP contribution in [0.5, 0.6) is 0 Å². The van der Waals surface area contributed by atoms with Crippen molar-refractivity contribution in [3.8, 4) is 0 Å². The molecule has 0 unspecified atom stereocenters.